The Balaban J connectivity index is 1.34. The van der Waals surface area contributed by atoms with E-state index in [2.05, 4.69) is 35.0 Å². The number of piperazine rings is 1. The quantitative estimate of drug-likeness (QED) is 0.219. The van der Waals surface area contributed by atoms with Crippen molar-refractivity contribution >= 4 is 22.8 Å². The number of para-hydroxylation sites is 1. The fourth-order valence-electron chi connectivity index (χ4n) is 6.95. The third-order valence-electron chi connectivity index (χ3n) is 9.63. The number of carbonyl (C=O) groups is 2. The summed E-state index contributed by atoms with van der Waals surface area (Å²) in [6, 6.07) is 29.1. The maximum atomic E-state index is 15.1. The molecule has 7 rings (SSSR count). The number of aromatic carboxylic acids is 1. The third-order valence-corrected chi connectivity index (χ3v) is 9.63. The minimum absolute atomic E-state index is 0.0459. The Kier molecular flexibility index (Phi) is 8.88. The number of carbonyl (C=O) groups excluding carboxylic acids is 1. The predicted molar refractivity (Wildman–Crippen MR) is 185 cm³/mol. The Morgan fingerprint density at radius 3 is 2.29 bits per heavy atom. The largest absolute Gasteiger partial charge is 0.493 e. The van der Waals surface area contributed by atoms with Crippen LogP contribution >= 0.6 is 0 Å². The zero-order chi connectivity index (χ0) is 33.2. The van der Waals surface area contributed by atoms with Crippen molar-refractivity contribution in [2.75, 3.05) is 46.9 Å². The van der Waals surface area contributed by atoms with Crippen molar-refractivity contribution < 1.29 is 24.2 Å². The second kappa shape index (κ2) is 13.5. The smallest absolute Gasteiger partial charge is 0.337 e. The molecule has 1 amide bonds. The Bertz CT molecular complexity index is 1950. The SMILES string of the molecule is COc1cc(-n2cc(C(=O)O)c3ccccc32)c(C(=O)N2Cc3ccccc3C[C@H]2CN2CCN(C)CC2)cc1OCc1ccccc1. The number of rotatable bonds is 9. The minimum Gasteiger partial charge on any atom is -0.493 e. The van der Waals surface area contributed by atoms with Crippen molar-refractivity contribution in [3.8, 4) is 17.2 Å². The van der Waals surface area contributed by atoms with Gasteiger partial charge in [-0.05, 0) is 42.3 Å². The van der Waals surface area contributed by atoms with Gasteiger partial charge >= 0.3 is 5.97 Å². The average Bonchev–Trinajstić information content (AvgIpc) is 3.51. The zero-order valence-corrected chi connectivity index (χ0v) is 27.3. The zero-order valence-electron chi connectivity index (χ0n) is 27.3. The topological polar surface area (TPSA) is 87.5 Å². The van der Waals surface area contributed by atoms with E-state index in [-0.39, 0.29) is 17.5 Å². The van der Waals surface area contributed by atoms with Crippen LogP contribution in [-0.2, 0) is 19.6 Å². The number of amides is 1. The molecular formula is C39H40N4O5. The van der Waals surface area contributed by atoms with Crippen LogP contribution in [0.25, 0.3) is 16.6 Å². The molecule has 1 atom stereocenters. The molecule has 9 nitrogen and oxygen atoms in total. The standard InChI is InChI=1S/C39H40N4O5/c1-40-16-18-41(19-17-40)24-30-20-28-12-6-7-13-29(28)23-42(30)38(44)32-21-37(48-26-27-10-4-3-5-11-27)36(47-2)22-35(32)43-25-33(39(45)46)31-14-8-9-15-34(31)43/h3-15,21-22,25,30H,16-20,23-24,26H2,1-2H3,(H,45,46)/t30-/m0/s1. The molecule has 5 aromatic rings. The van der Waals surface area contributed by atoms with Crippen LogP contribution in [0.15, 0.2) is 97.2 Å². The highest BCUT2D eigenvalue weighted by molar-refractivity contribution is 6.05. The van der Waals surface area contributed by atoms with Gasteiger partial charge in [-0.1, -0.05) is 72.8 Å². The second-order valence-electron chi connectivity index (χ2n) is 12.7. The lowest BCUT2D eigenvalue weighted by molar-refractivity contribution is 0.0535. The molecule has 1 saturated heterocycles. The van der Waals surface area contributed by atoms with E-state index in [4.69, 9.17) is 9.47 Å². The molecule has 1 N–H and O–H groups in total. The van der Waals surface area contributed by atoms with Gasteiger partial charge in [0.1, 0.15) is 6.61 Å². The monoisotopic (exact) mass is 644 g/mol. The number of nitrogens with zero attached hydrogens (tertiary/aromatic N) is 4. The van der Waals surface area contributed by atoms with Gasteiger partial charge in [0.2, 0.25) is 0 Å². The molecule has 0 spiro atoms. The summed E-state index contributed by atoms with van der Waals surface area (Å²) >= 11 is 0. The van der Waals surface area contributed by atoms with Gasteiger partial charge in [0, 0.05) is 63.0 Å². The molecule has 1 fully saturated rings. The lowest BCUT2D eigenvalue weighted by Crippen LogP contribution is -2.53. The molecule has 0 bridgehead atoms. The van der Waals surface area contributed by atoms with Gasteiger partial charge in [0.25, 0.3) is 5.91 Å². The van der Waals surface area contributed by atoms with E-state index in [0.29, 0.717) is 46.8 Å². The van der Waals surface area contributed by atoms with E-state index in [1.165, 1.54) is 5.56 Å². The van der Waals surface area contributed by atoms with Crippen molar-refractivity contribution in [1.29, 1.82) is 0 Å². The summed E-state index contributed by atoms with van der Waals surface area (Å²) in [5.74, 6) is -0.283. The number of carboxylic acids is 1. The van der Waals surface area contributed by atoms with E-state index >= 15 is 4.79 Å². The lowest BCUT2D eigenvalue weighted by Gasteiger charge is -2.41. The minimum atomic E-state index is -1.03. The van der Waals surface area contributed by atoms with Crippen molar-refractivity contribution in [3.63, 3.8) is 0 Å². The Hall–Kier alpha value is -5.12. The number of fused-ring (bicyclic) bond motifs is 2. The van der Waals surface area contributed by atoms with Crippen LogP contribution in [0.4, 0.5) is 0 Å². The van der Waals surface area contributed by atoms with Gasteiger partial charge in [-0.2, -0.15) is 0 Å². The van der Waals surface area contributed by atoms with Gasteiger partial charge < -0.3 is 28.9 Å². The van der Waals surface area contributed by atoms with Crippen molar-refractivity contribution in [1.82, 2.24) is 19.3 Å². The number of aromatic nitrogens is 1. The first-order valence-electron chi connectivity index (χ1n) is 16.4. The van der Waals surface area contributed by atoms with Crippen molar-refractivity contribution in [2.24, 2.45) is 0 Å². The summed E-state index contributed by atoms with van der Waals surface area (Å²) in [5.41, 5.74) is 5.18. The van der Waals surface area contributed by atoms with Gasteiger partial charge in [-0.15, -0.1) is 0 Å². The predicted octanol–water partition coefficient (Wildman–Crippen LogP) is 5.73. The Labute approximate surface area is 280 Å². The molecule has 9 heteroatoms. The summed E-state index contributed by atoms with van der Waals surface area (Å²) in [6.45, 7) is 5.44. The van der Waals surface area contributed by atoms with Crippen molar-refractivity contribution in [3.05, 3.63) is 125 Å². The van der Waals surface area contributed by atoms with Crippen LogP contribution in [0.3, 0.4) is 0 Å². The van der Waals surface area contributed by atoms with E-state index in [9.17, 15) is 9.90 Å². The summed E-state index contributed by atoms with van der Waals surface area (Å²) in [4.78, 5) is 34.2. The molecule has 0 saturated carbocycles. The number of carboxylic acid groups (broad SMARTS) is 1. The van der Waals surface area contributed by atoms with Crippen LogP contribution in [-0.4, -0.2) is 89.2 Å². The van der Waals surface area contributed by atoms with E-state index in [1.807, 2.05) is 59.5 Å². The normalized spacial score (nSPS) is 16.9. The first-order chi connectivity index (χ1) is 23.4. The molecule has 1 aromatic heterocycles. The van der Waals surface area contributed by atoms with Gasteiger partial charge in [0.05, 0.1) is 29.4 Å². The lowest BCUT2D eigenvalue weighted by atomic mass is 9.92. The number of ether oxygens (including phenoxy) is 2. The van der Waals surface area contributed by atoms with Gasteiger partial charge in [-0.25, -0.2) is 4.79 Å². The van der Waals surface area contributed by atoms with E-state index in [0.717, 1.165) is 50.3 Å². The fraction of sp³-hybridized carbons (Fsp3) is 0.282. The first kappa shape index (κ1) is 31.5. The average molecular weight is 645 g/mol. The van der Waals surface area contributed by atoms with Crippen LogP contribution in [0.5, 0.6) is 11.5 Å². The summed E-state index contributed by atoms with van der Waals surface area (Å²) < 4.78 is 13.9. The summed E-state index contributed by atoms with van der Waals surface area (Å²) in [6.07, 6.45) is 2.35. The van der Waals surface area contributed by atoms with Crippen molar-refractivity contribution in [2.45, 2.75) is 25.6 Å². The molecule has 2 aliphatic heterocycles. The van der Waals surface area contributed by atoms with E-state index < -0.39 is 5.97 Å². The molecule has 2 aliphatic rings. The maximum absolute atomic E-state index is 15.1. The molecular weight excluding hydrogens is 604 g/mol. The molecule has 0 unspecified atom stereocenters. The molecule has 0 aliphatic carbocycles. The number of benzene rings is 4. The van der Waals surface area contributed by atoms with E-state index in [1.54, 1.807) is 36.1 Å². The summed E-state index contributed by atoms with van der Waals surface area (Å²) in [7, 11) is 3.72. The first-order valence-corrected chi connectivity index (χ1v) is 16.4. The Morgan fingerprint density at radius 1 is 0.833 bits per heavy atom. The fourth-order valence-corrected chi connectivity index (χ4v) is 6.95. The van der Waals surface area contributed by atoms with Gasteiger partial charge in [0.15, 0.2) is 11.5 Å². The molecule has 48 heavy (non-hydrogen) atoms. The van der Waals surface area contributed by atoms with Crippen LogP contribution < -0.4 is 9.47 Å². The molecule has 4 aromatic carbocycles. The van der Waals surface area contributed by atoms with Gasteiger partial charge in [-0.3, -0.25) is 9.69 Å². The highest BCUT2D eigenvalue weighted by Gasteiger charge is 2.34. The number of hydrogen-bond donors (Lipinski definition) is 1. The highest BCUT2D eigenvalue weighted by atomic mass is 16.5. The third kappa shape index (κ3) is 6.26. The molecule has 0 radical (unpaired) electrons. The van der Waals surface area contributed by atoms with Crippen LogP contribution in [0.1, 0.15) is 37.4 Å². The molecule has 3 heterocycles. The number of likely N-dealkylation sites (N-methyl/N-ethyl adjacent to an activating group) is 1. The number of hydrogen-bond acceptors (Lipinski definition) is 6. The number of methoxy groups -OCH3 is 1. The van der Waals surface area contributed by atoms with Crippen LogP contribution in [0, 0.1) is 0 Å². The highest BCUT2D eigenvalue weighted by Crippen LogP contribution is 2.37. The maximum Gasteiger partial charge on any atom is 0.337 e. The Morgan fingerprint density at radius 2 is 1.54 bits per heavy atom. The second-order valence-corrected chi connectivity index (χ2v) is 12.7. The van der Waals surface area contributed by atoms with Crippen LogP contribution in [0.2, 0.25) is 0 Å². The molecule has 246 valence electrons. The summed E-state index contributed by atoms with van der Waals surface area (Å²) in [5, 5.41) is 10.7.